The normalized spacial score (nSPS) is 14.6. The van der Waals surface area contributed by atoms with Gasteiger partial charge in [0.1, 0.15) is 17.3 Å². The fourth-order valence-electron chi connectivity index (χ4n) is 3.70. The minimum atomic E-state index is -0.346. The van der Waals surface area contributed by atoms with E-state index < -0.39 is 0 Å². The van der Waals surface area contributed by atoms with E-state index in [0.717, 1.165) is 12.8 Å². The molecule has 2 aromatic rings. The molecule has 0 aliphatic heterocycles. The number of aromatic nitrogens is 2. The van der Waals surface area contributed by atoms with Crippen LogP contribution < -0.4 is 16.0 Å². The number of nitrogens with one attached hydrogen (secondary N) is 4. The van der Waals surface area contributed by atoms with E-state index in [4.69, 9.17) is 5.41 Å². The summed E-state index contributed by atoms with van der Waals surface area (Å²) < 4.78 is 16.1. The van der Waals surface area contributed by atoms with Crippen LogP contribution in [-0.4, -0.2) is 21.8 Å². The smallest absolute Gasteiger partial charge is 0.209 e. The molecule has 1 saturated carbocycles. The van der Waals surface area contributed by atoms with Gasteiger partial charge < -0.3 is 21.4 Å². The summed E-state index contributed by atoms with van der Waals surface area (Å²) in [5, 5.41) is 17.7. The predicted octanol–water partition coefficient (Wildman–Crippen LogP) is 5.22. The maximum absolute atomic E-state index is 14.1. The molecule has 1 aliphatic carbocycles. The van der Waals surface area contributed by atoms with Crippen LogP contribution in [0.15, 0.2) is 36.7 Å². The van der Waals surface area contributed by atoms with Crippen molar-refractivity contribution in [2.24, 2.45) is 5.92 Å². The van der Waals surface area contributed by atoms with Crippen molar-refractivity contribution in [2.45, 2.75) is 58.5 Å². The van der Waals surface area contributed by atoms with Gasteiger partial charge in [0.05, 0.1) is 11.5 Å². The molecule has 29 heavy (non-hydrogen) atoms. The first kappa shape index (κ1) is 20.9. The minimum absolute atomic E-state index is 0.337. The second kappa shape index (κ2) is 9.58. The summed E-state index contributed by atoms with van der Waals surface area (Å²) in [4.78, 5) is 4.53. The second-order valence-electron chi connectivity index (χ2n) is 8.01. The molecule has 1 aromatic carbocycles. The third kappa shape index (κ3) is 5.37. The number of anilines is 3. The van der Waals surface area contributed by atoms with Crippen LogP contribution in [0.1, 0.15) is 51.6 Å². The molecule has 1 fully saturated rings. The maximum Gasteiger partial charge on any atom is 0.209 e. The van der Waals surface area contributed by atoms with E-state index >= 15 is 0 Å². The maximum atomic E-state index is 14.1. The summed E-state index contributed by atoms with van der Waals surface area (Å²) in [5.74, 6) is 1.86. The van der Waals surface area contributed by atoms with Crippen molar-refractivity contribution >= 4 is 23.7 Å². The van der Waals surface area contributed by atoms with Crippen molar-refractivity contribution < 1.29 is 4.39 Å². The number of halogens is 1. The zero-order valence-electron chi connectivity index (χ0n) is 17.3. The number of benzene rings is 1. The summed E-state index contributed by atoms with van der Waals surface area (Å²) >= 11 is 0. The SMILES string of the molecule is C=C(Nc1c(C=N)nc(Nc2ccccc2F)n1CC(C)C)NC1CCCCC1. The number of imidazole rings is 1. The Labute approximate surface area is 172 Å². The van der Waals surface area contributed by atoms with Gasteiger partial charge in [-0.3, -0.25) is 4.57 Å². The lowest BCUT2D eigenvalue weighted by atomic mass is 9.96. The van der Waals surface area contributed by atoms with E-state index in [1.165, 1.54) is 31.5 Å². The average Bonchev–Trinajstić information content (AvgIpc) is 3.00. The van der Waals surface area contributed by atoms with Crippen molar-refractivity contribution in [1.82, 2.24) is 14.9 Å². The summed E-state index contributed by atoms with van der Waals surface area (Å²) in [6.45, 7) is 9.01. The van der Waals surface area contributed by atoms with Gasteiger partial charge in [-0.05, 0) is 30.9 Å². The van der Waals surface area contributed by atoms with Crippen LogP contribution in [0.4, 0.5) is 21.8 Å². The Hall–Kier alpha value is -2.83. The lowest BCUT2D eigenvalue weighted by molar-refractivity contribution is 0.397. The van der Waals surface area contributed by atoms with Gasteiger partial charge in [-0.15, -0.1) is 0 Å². The lowest BCUT2D eigenvalue weighted by Gasteiger charge is -2.26. The Morgan fingerprint density at radius 2 is 2.03 bits per heavy atom. The Balaban J connectivity index is 1.86. The van der Waals surface area contributed by atoms with Crippen LogP contribution in [0, 0.1) is 17.1 Å². The van der Waals surface area contributed by atoms with Gasteiger partial charge in [0.25, 0.3) is 0 Å². The molecule has 1 heterocycles. The topological polar surface area (TPSA) is 77.8 Å². The highest BCUT2D eigenvalue weighted by atomic mass is 19.1. The highest BCUT2D eigenvalue weighted by molar-refractivity contribution is 5.84. The molecule has 0 saturated heterocycles. The highest BCUT2D eigenvalue weighted by Crippen LogP contribution is 2.27. The van der Waals surface area contributed by atoms with E-state index in [-0.39, 0.29) is 5.82 Å². The van der Waals surface area contributed by atoms with Gasteiger partial charge in [0, 0.05) is 18.8 Å². The molecule has 3 rings (SSSR count). The van der Waals surface area contributed by atoms with Gasteiger partial charge in [-0.1, -0.05) is 51.8 Å². The van der Waals surface area contributed by atoms with Gasteiger partial charge in [-0.25, -0.2) is 9.37 Å². The number of para-hydroxylation sites is 1. The molecule has 0 atom stereocenters. The van der Waals surface area contributed by atoms with Crippen LogP contribution >= 0.6 is 0 Å². The number of hydrogen-bond donors (Lipinski definition) is 4. The third-order valence-corrected chi connectivity index (χ3v) is 5.05. The minimum Gasteiger partial charge on any atom is -0.369 e. The zero-order valence-corrected chi connectivity index (χ0v) is 17.3. The molecule has 156 valence electrons. The summed E-state index contributed by atoms with van der Waals surface area (Å²) in [7, 11) is 0. The molecule has 1 aliphatic rings. The van der Waals surface area contributed by atoms with Crippen LogP contribution in [0.2, 0.25) is 0 Å². The van der Waals surface area contributed by atoms with Crippen molar-refractivity contribution in [3.63, 3.8) is 0 Å². The first-order valence-corrected chi connectivity index (χ1v) is 10.3. The van der Waals surface area contributed by atoms with Crippen LogP contribution in [0.3, 0.4) is 0 Å². The Kier molecular flexibility index (Phi) is 6.90. The largest absolute Gasteiger partial charge is 0.369 e. The highest BCUT2D eigenvalue weighted by Gasteiger charge is 2.20. The average molecular weight is 399 g/mol. The number of rotatable bonds is 9. The molecule has 6 nitrogen and oxygen atoms in total. The van der Waals surface area contributed by atoms with E-state index in [2.05, 4.69) is 41.4 Å². The number of hydrogen-bond acceptors (Lipinski definition) is 5. The Morgan fingerprint density at radius 3 is 2.69 bits per heavy atom. The molecule has 0 spiro atoms. The van der Waals surface area contributed by atoms with Crippen LogP contribution in [0.25, 0.3) is 0 Å². The monoisotopic (exact) mass is 398 g/mol. The van der Waals surface area contributed by atoms with Crippen LogP contribution in [-0.2, 0) is 6.54 Å². The van der Waals surface area contributed by atoms with E-state index in [1.807, 2.05) is 4.57 Å². The van der Waals surface area contributed by atoms with E-state index in [0.29, 0.717) is 47.5 Å². The van der Waals surface area contributed by atoms with Gasteiger partial charge >= 0.3 is 0 Å². The molecule has 0 radical (unpaired) electrons. The van der Waals surface area contributed by atoms with Crippen molar-refractivity contribution in [3.8, 4) is 0 Å². The van der Waals surface area contributed by atoms with E-state index in [9.17, 15) is 4.39 Å². The van der Waals surface area contributed by atoms with Crippen molar-refractivity contribution in [2.75, 3.05) is 10.6 Å². The standard InChI is InChI=1S/C22H31FN6/c1-15(2)14-29-21(26-16(3)25-17-9-5-4-6-10-17)20(13-24)28-22(29)27-19-12-8-7-11-18(19)23/h7-8,11-13,15,17,24-26H,3-6,9-10,14H2,1-2H3,(H,27,28). The van der Waals surface area contributed by atoms with Gasteiger partial charge in [0.2, 0.25) is 5.95 Å². The molecule has 4 N–H and O–H groups in total. The lowest BCUT2D eigenvalue weighted by Crippen LogP contribution is -2.33. The number of nitrogens with zero attached hydrogens (tertiary/aromatic N) is 2. The first-order valence-electron chi connectivity index (χ1n) is 10.3. The Bertz CT molecular complexity index is 851. The summed E-state index contributed by atoms with van der Waals surface area (Å²) in [6.07, 6.45) is 7.26. The van der Waals surface area contributed by atoms with Crippen molar-refractivity contribution in [1.29, 1.82) is 5.41 Å². The summed E-state index contributed by atoms with van der Waals surface area (Å²) in [6, 6.07) is 6.92. The molecule has 0 unspecified atom stereocenters. The van der Waals surface area contributed by atoms with E-state index in [1.54, 1.807) is 18.2 Å². The summed E-state index contributed by atoms with van der Waals surface area (Å²) in [5.41, 5.74) is 0.834. The first-order chi connectivity index (χ1) is 14.0. The van der Waals surface area contributed by atoms with Crippen LogP contribution in [0.5, 0.6) is 0 Å². The van der Waals surface area contributed by atoms with Gasteiger partial charge in [-0.2, -0.15) is 0 Å². The molecular weight excluding hydrogens is 367 g/mol. The molecule has 0 amide bonds. The quantitative estimate of drug-likeness (QED) is 0.437. The second-order valence-corrected chi connectivity index (χ2v) is 8.01. The van der Waals surface area contributed by atoms with Gasteiger partial charge in [0.15, 0.2) is 0 Å². The molecular formula is C22H31FN6. The van der Waals surface area contributed by atoms with Crippen molar-refractivity contribution in [3.05, 3.63) is 48.2 Å². The fourth-order valence-corrected chi connectivity index (χ4v) is 3.70. The Morgan fingerprint density at radius 1 is 1.31 bits per heavy atom. The predicted molar refractivity (Wildman–Crippen MR) is 117 cm³/mol. The molecule has 0 bridgehead atoms. The molecule has 1 aromatic heterocycles. The third-order valence-electron chi connectivity index (χ3n) is 5.05. The fraction of sp³-hybridized carbons (Fsp3) is 0.455. The molecule has 7 heteroatoms. The zero-order chi connectivity index (χ0) is 20.8.